The molecule has 0 bridgehead atoms. The lowest BCUT2D eigenvalue weighted by Gasteiger charge is -2.15. The zero-order valence-electron chi connectivity index (χ0n) is 8.95. The van der Waals surface area contributed by atoms with Gasteiger partial charge in [-0.1, -0.05) is 0 Å². The molecule has 0 radical (unpaired) electrons. The number of nitrogens with zero attached hydrogens (tertiary/aromatic N) is 2. The van der Waals surface area contributed by atoms with Crippen LogP contribution in [0.15, 0.2) is 0 Å². The minimum Gasteiger partial charge on any atom is -0.329 e. The number of carbonyl (C=O) groups is 1. The Balaban J connectivity index is 1.96. The van der Waals surface area contributed by atoms with Crippen molar-refractivity contribution in [1.29, 1.82) is 0 Å². The van der Waals surface area contributed by atoms with Crippen molar-refractivity contribution in [2.45, 2.75) is 12.8 Å². The number of hydroxylamine groups is 1. The molecule has 0 aromatic carbocycles. The number of hydrogen-bond donors (Lipinski definition) is 1. The Morgan fingerprint density at radius 2 is 2.07 bits per heavy atom. The fourth-order valence-electron chi connectivity index (χ4n) is 1.39. The summed E-state index contributed by atoms with van der Waals surface area (Å²) >= 11 is 0. The van der Waals surface area contributed by atoms with Crippen molar-refractivity contribution in [2.75, 3.05) is 40.3 Å². The summed E-state index contributed by atoms with van der Waals surface area (Å²) in [6.45, 7) is 3.77. The van der Waals surface area contributed by atoms with Crippen molar-refractivity contribution in [3.63, 3.8) is 0 Å². The summed E-state index contributed by atoms with van der Waals surface area (Å²) in [6.07, 6.45) is 2.56. The van der Waals surface area contributed by atoms with Crippen LogP contribution in [0.1, 0.15) is 12.8 Å². The second-order valence-corrected chi connectivity index (χ2v) is 3.70. The highest BCUT2D eigenvalue weighted by molar-refractivity contribution is 5.72. The van der Waals surface area contributed by atoms with Crippen LogP contribution in [0.2, 0.25) is 0 Å². The molecule has 1 N–H and O–H groups in total. The predicted molar refractivity (Wildman–Crippen MR) is 53.8 cm³/mol. The fraction of sp³-hybridized carbons (Fsp3) is 0.889. The summed E-state index contributed by atoms with van der Waals surface area (Å²) in [7, 11) is 3.36. The maximum Gasteiger partial charge on any atom is 0.340 e. The number of rotatable bonds is 4. The molecule has 0 aliphatic carbocycles. The molecule has 1 heterocycles. The maximum absolute atomic E-state index is 11.0. The number of urea groups is 1. The second-order valence-electron chi connectivity index (χ2n) is 3.70. The highest BCUT2D eigenvalue weighted by Crippen LogP contribution is 2.05. The van der Waals surface area contributed by atoms with Gasteiger partial charge in [-0.3, -0.25) is 4.84 Å². The summed E-state index contributed by atoms with van der Waals surface area (Å²) in [5.74, 6) is 0. The van der Waals surface area contributed by atoms with Gasteiger partial charge in [-0.15, -0.1) is 0 Å². The molecule has 0 atom stereocenters. The van der Waals surface area contributed by atoms with E-state index in [0.717, 1.165) is 19.6 Å². The molecule has 1 aliphatic rings. The average Bonchev–Trinajstić information content (AvgIpc) is 2.64. The molecule has 0 unspecified atom stereocenters. The monoisotopic (exact) mass is 201 g/mol. The van der Waals surface area contributed by atoms with Gasteiger partial charge in [-0.05, 0) is 25.9 Å². The van der Waals surface area contributed by atoms with E-state index < -0.39 is 0 Å². The number of carbonyl (C=O) groups excluding carboxylic acids is 1. The molecular weight excluding hydrogens is 182 g/mol. The van der Waals surface area contributed by atoms with Crippen LogP contribution < -0.4 is 5.48 Å². The normalized spacial score (nSPS) is 17.0. The minimum atomic E-state index is -0.216. The Hall–Kier alpha value is -0.810. The number of nitrogens with one attached hydrogen (secondary N) is 1. The van der Waals surface area contributed by atoms with Crippen molar-refractivity contribution in [3.8, 4) is 0 Å². The van der Waals surface area contributed by atoms with E-state index in [4.69, 9.17) is 4.84 Å². The van der Waals surface area contributed by atoms with Crippen LogP contribution in [-0.4, -0.2) is 56.2 Å². The van der Waals surface area contributed by atoms with Crippen LogP contribution in [0.4, 0.5) is 4.79 Å². The van der Waals surface area contributed by atoms with E-state index >= 15 is 0 Å². The Morgan fingerprint density at radius 3 is 2.64 bits per heavy atom. The molecule has 0 spiro atoms. The SMILES string of the molecule is CN(C)C(=O)NOCCN1CCCC1. The van der Waals surface area contributed by atoms with Crippen molar-refractivity contribution in [1.82, 2.24) is 15.3 Å². The highest BCUT2D eigenvalue weighted by Gasteiger charge is 2.10. The number of likely N-dealkylation sites (tertiary alicyclic amines) is 1. The summed E-state index contributed by atoms with van der Waals surface area (Å²) in [5, 5.41) is 0. The standard InChI is InChI=1S/C9H19N3O2/c1-11(2)9(13)10-14-8-7-12-5-3-4-6-12/h3-8H2,1-2H3,(H,10,13). The molecule has 0 aromatic rings. The first-order valence-corrected chi connectivity index (χ1v) is 5.01. The smallest absolute Gasteiger partial charge is 0.329 e. The summed E-state index contributed by atoms with van der Waals surface area (Å²) in [5.41, 5.74) is 2.37. The van der Waals surface area contributed by atoms with E-state index in [1.165, 1.54) is 17.7 Å². The summed E-state index contributed by atoms with van der Waals surface area (Å²) < 4.78 is 0. The highest BCUT2D eigenvalue weighted by atomic mass is 16.7. The van der Waals surface area contributed by atoms with Crippen LogP contribution in [0, 0.1) is 0 Å². The average molecular weight is 201 g/mol. The van der Waals surface area contributed by atoms with E-state index in [1.54, 1.807) is 14.1 Å². The van der Waals surface area contributed by atoms with Gasteiger partial charge in [-0.25, -0.2) is 10.3 Å². The van der Waals surface area contributed by atoms with Gasteiger partial charge >= 0.3 is 6.03 Å². The Kier molecular flexibility index (Phi) is 4.69. The molecule has 5 heteroatoms. The lowest BCUT2D eigenvalue weighted by Crippen LogP contribution is -2.36. The van der Waals surface area contributed by atoms with E-state index in [1.807, 2.05) is 0 Å². The Morgan fingerprint density at radius 1 is 1.43 bits per heavy atom. The van der Waals surface area contributed by atoms with Gasteiger partial charge < -0.3 is 9.80 Å². The quantitative estimate of drug-likeness (QED) is 0.525. The Labute approximate surface area is 85.0 Å². The van der Waals surface area contributed by atoms with E-state index in [9.17, 15) is 4.79 Å². The molecule has 14 heavy (non-hydrogen) atoms. The number of amides is 2. The van der Waals surface area contributed by atoms with Gasteiger partial charge in [0.1, 0.15) is 0 Å². The number of hydrogen-bond acceptors (Lipinski definition) is 3. The lowest BCUT2D eigenvalue weighted by molar-refractivity contribution is 0.0411. The topological polar surface area (TPSA) is 44.8 Å². The zero-order chi connectivity index (χ0) is 10.4. The van der Waals surface area contributed by atoms with Gasteiger partial charge in [0, 0.05) is 20.6 Å². The van der Waals surface area contributed by atoms with Crippen LogP contribution in [0.25, 0.3) is 0 Å². The minimum absolute atomic E-state index is 0.216. The first-order valence-electron chi connectivity index (χ1n) is 5.01. The van der Waals surface area contributed by atoms with Crippen LogP contribution in [-0.2, 0) is 4.84 Å². The van der Waals surface area contributed by atoms with Gasteiger partial charge in [0.05, 0.1) is 6.61 Å². The molecule has 5 nitrogen and oxygen atoms in total. The molecule has 1 aliphatic heterocycles. The maximum atomic E-state index is 11.0. The van der Waals surface area contributed by atoms with Gasteiger partial charge in [0.25, 0.3) is 0 Å². The molecule has 0 saturated carbocycles. The zero-order valence-corrected chi connectivity index (χ0v) is 8.95. The molecular formula is C9H19N3O2. The molecule has 1 fully saturated rings. The summed E-state index contributed by atoms with van der Waals surface area (Å²) in [4.78, 5) is 19.8. The van der Waals surface area contributed by atoms with Crippen molar-refractivity contribution >= 4 is 6.03 Å². The Bertz CT molecular complexity index is 179. The first-order chi connectivity index (χ1) is 6.70. The molecule has 1 rings (SSSR count). The second kappa shape index (κ2) is 5.82. The third-order valence-corrected chi connectivity index (χ3v) is 2.27. The van der Waals surface area contributed by atoms with Crippen LogP contribution in [0.5, 0.6) is 0 Å². The molecule has 82 valence electrons. The van der Waals surface area contributed by atoms with E-state index in [0.29, 0.717) is 6.61 Å². The molecule has 1 saturated heterocycles. The first kappa shape index (κ1) is 11.3. The largest absolute Gasteiger partial charge is 0.340 e. The van der Waals surface area contributed by atoms with Crippen molar-refractivity contribution < 1.29 is 9.63 Å². The van der Waals surface area contributed by atoms with Crippen molar-refractivity contribution in [3.05, 3.63) is 0 Å². The molecule has 0 aromatic heterocycles. The van der Waals surface area contributed by atoms with E-state index in [2.05, 4.69) is 10.4 Å². The third kappa shape index (κ3) is 3.93. The van der Waals surface area contributed by atoms with Gasteiger partial charge in [0.2, 0.25) is 0 Å². The molecule has 2 amide bonds. The predicted octanol–water partition coefficient (Wildman–Crippen LogP) is 0.285. The lowest BCUT2D eigenvalue weighted by atomic mass is 10.4. The van der Waals surface area contributed by atoms with E-state index in [-0.39, 0.29) is 6.03 Å². The van der Waals surface area contributed by atoms with Crippen molar-refractivity contribution in [2.24, 2.45) is 0 Å². The van der Waals surface area contributed by atoms with Gasteiger partial charge in [-0.2, -0.15) is 0 Å². The fourth-order valence-corrected chi connectivity index (χ4v) is 1.39. The van der Waals surface area contributed by atoms with Crippen LogP contribution >= 0.6 is 0 Å². The van der Waals surface area contributed by atoms with Gasteiger partial charge in [0.15, 0.2) is 0 Å². The van der Waals surface area contributed by atoms with Crippen LogP contribution in [0.3, 0.4) is 0 Å². The third-order valence-electron chi connectivity index (χ3n) is 2.27. The summed E-state index contributed by atoms with van der Waals surface area (Å²) in [6, 6.07) is -0.216.